The van der Waals surface area contributed by atoms with Crippen molar-refractivity contribution < 1.29 is 40.2 Å². The Balaban J connectivity index is 0.000000176. The van der Waals surface area contributed by atoms with Crippen molar-refractivity contribution in [2.24, 2.45) is 130 Å². The van der Waals surface area contributed by atoms with E-state index in [-0.39, 0.29) is 67.1 Å². The molecular formula is C64H107N5O8. The Morgan fingerprint density at radius 1 is 0.558 bits per heavy atom. The summed E-state index contributed by atoms with van der Waals surface area (Å²) in [5.41, 5.74) is 11.1. The number of aliphatic imine (C=N–C) groups is 1. The predicted octanol–water partition coefficient (Wildman–Crippen LogP) is 10.9. The number of aliphatic hydroxyl groups excluding tert-OH is 4. The standard InChI is InChI=1S/2C30H48O4.C4H11N5/c2*1-17-10-13-30(25(33)34)15-14-28(6)19(23(30)18(17)2)8-9-22-27(5)16-20(31)24(32)26(3,4)21(27)11-12-29(22,28)7;1-9(2)4(7)8-3(5)6/h2*8,17-18,20-24,31-32H,9-16H2,1-7H3,(H,33,34);1-2H3,(H5,5,6,7,8)/t2*17-,18+,20-,21+,22-,23?,24+,27+,28-,29-,30+;/m11./s1. The number of aliphatic hydroxyl groups is 4. The van der Waals surface area contributed by atoms with Gasteiger partial charge in [0.25, 0.3) is 0 Å². The lowest BCUT2D eigenvalue weighted by Gasteiger charge is -2.71. The molecule has 8 saturated carbocycles. The quantitative estimate of drug-likeness (QED) is 0.0715. The molecule has 0 amide bonds. The number of hydrogen-bond donors (Lipinski definition) is 9. The number of carbonyl (C=O) groups is 2. The number of nitrogens with one attached hydrogen (secondary N) is 1. The molecule has 0 aromatic rings. The number of hydrogen-bond acceptors (Lipinski definition) is 7. The maximum Gasteiger partial charge on any atom is 0.310 e. The van der Waals surface area contributed by atoms with Gasteiger partial charge in [0.1, 0.15) is 0 Å². The van der Waals surface area contributed by atoms with Gasteiger partial charge in [0.05, 0.1) is 35.2 Å². The molecule has 22 atom stereocenters. The van der Waals surface area contributed by atoms with E-state index in [1.165, 1.54) is 16.0 Å². The number of fused-ring (bicyclic) bond motifs is 14. The van der Waals surface area contributed by atoms with Crippen LogP contribution in [0.15, 0.2) is 28.3 Å². The highest BCUT2D eigenvalue weighted by Gasteiger charge is 2.72. The lowest BCUT2D eigenvalue weighted by Crippen LogP contribution is -2.67. The summed E-state index contributed by atoms with van der Waals surface area (Å²) >= 11 is 0. The van der Waals surface area contributed by atoms with Crippen LogP contribution in [0.1, 0.15) is 200 Å². The van der Waals surface area contributed by atoms with Gasteiger partial charge in [-0.15, -0.1) is 0 Å². The summed E-state index contributed by atoms with van der Waals surface area (Å²) in [5.74, 6) is 2.57. The molecule has 0 heterocycles. The zero-order chi connectivity index (χ0) is 57.6. The molecule has 0 aromatic heterocycles. The molecule has 0 aromatic carbocycles. The summed E-state index contributed by atoms with van der Waals surface area (Å²) in [6, 6.07) is 0. The Kier molecular flexibility index (Phi) is 15.3. The summed E-state index contributed by atoms with van der Waals surface area (Å²) in [6.07, 6.45) is 17.1. The molecular weight excluding hydrogens is 967 g/mol. The van der Waals surface area contributed by atoms with Crippen molar-refractivity contribution in [3.8, 4) is 0 Å². The Bertz CT molecular complexity index is 2270. The van der Waals surface area contributed by atoms with E-state index in [1.807, 2.05) is 0 Å². The van der Waals surface area contributed by atoms with Crippen LogP contribution in [-0.2, 0) is 9.59 Å². The van der Waals surface area contributed by atoms with Crippen molar-refractivity contribution in [1.82, 2.24) is 4.90 Å². The number of carboxylic acid groups (broad SMARTS) is 2. The van der Waals surface area contributed by atoms with Gasteiger partial charge in [0, 0.05) is 14.1 Å². The molecule has 2 unspecified atom stereocenters. The first-order valence-corrected chi connectivity index (χ1v) is 30.3. The van der Waals surface area contributed by atoms with Crippen LogP contribution < -0.4 is 11.5 Å². The van der Waals surface area contributed by atoms with Gasteiger partial charge in [-0.05, 0) is 205 Å². The van der Waals surface area contributed by atoms with Gasteiger partial charge in [-0.2, -0.15) is 4.99 Å². The Morgan fingerprint density at radius 2 is 0.909 bits per heavy atom. The van der Waals surface area contributed by atoms with Crippen molar-refractivity contribution in [2.75, 3.05) is 14.1 Å². The summed E-state index contributed by atoms with van der Waals surface area (Å²) in [6.45, 7) is 32.6. The Hall–Kier alpha value is -3.00. The van der Waals surface area contributed by atoms with Crippen molar-refractivity contribution in [3.05, 3.63) is 23.3 Å². The van der Waals surface area contributed by atoms with Gasteiger partial charge in [0.15, 0.2) is 5.96 Å². The molecule has 10 aliphatic carbocycles. The molecule has 13 heteroatoms. The maximum atomic E-state index is 12.8. The highest BCUT2D eigenvalue weighted by molar-refractivity contribution is 5.91. The smallest absolute Gasteiger partial charge is 0.310 e. The summed E-state index contributed by atoms with van der Waals surface area (Å²) in [7, 11) is 3.38. The van der Waals surface area contributed by atoms with E-state index in [9.17, 15) is 40.2 Å². The zero-order valence-corrected chi connectivity index (χ0v) is 50.6. The van der Waals surface area contributed by atoms with Crippen LogP contribution >= 0.6 is 0 Å². The van der Waals surface area contributed by atoms with E-state index >= 15 is 0 Å². The van der Waals surface area contributed by atoms with Crippen molar-refractivity contribution in [1.29, 1.82) is 5.41 Å². The third kappa shape index (κ3) is 8.42. The molecule has 0 aliphatic heterocycles. The molecule has 0 bridgehead atoms. The third-order valence-corrected chi connectivity index (χ3v) is 27.4. The molecule has 0 spiro atoms. The highest BCUT2D eigenvalue weighted by atomic mass is 16.4. The van der Waals surface area contributed by atoms with Gasteiger partial charge in [0.2, 0.25) is 5.96 Å². The van der Waals surface area contributed by atoms with Crippen LogP contribution in [-0.4, -0.2) is 97.9 Å². The SMILES string of the molecule is CN(C)C(=N)N=C(N)N.C[C@@H]1CC[C@]2(C(=O)O)CC[C@]3(C)C(=CC[C@@H]4[C@@]5(C)C[C@@H](O)[C@H](O)C(C)(C)[C@@H]5CC[C@]43C)C2[C@H]1C.C[C@@H]1CC[C@]2(C(=O)O)CC[C@]3(C)C(=CC[C@@H]4[C@@]5(C)C[C@@H](O)[C@H](O)C(C)(C)[C@@H]5CC[C@]43C)C2[C@H]1C. The number of carboxylic acids is 2. The first kappa shape index (κ1) is 60.1. The average Bonchev–Trinajstić information content (AvgIpc) is 3.43. The van der Waals surface area contributed by atoms with Crippen LogP contribution in [0.2, 0.25) is 0 Å². The summed E-state index contributed by atoms with van der Waals surface area (Å²) in [4.78, 5) is 30.6. The molecule has 77 heavy (non-hydrogen) atoms. The molecule has 0 saturated heterocycles. The molecule has 8 fully saturated rings. The second-order valence-corrected chi connectivity index (χ2v) is 31.0. The van der Waals surface area contributed by atoms with E-state index in [1.54, 1.807) is 14.1 Å². The predicted molar refractivity (Wildman–Crippen MR) is 305 cm³/mol. The van der Waals surface area contributed by atoms with Crippen molar-refractivity contribution >= 4 is 23.9 Å². The number of nitrogens with zero attached hydrogens (tertiary/aromatic N) is 2. The fourth-order valence-electron chi connectivity index (χ4n) is 22.2. The minimum atomic E-state index is -0.679. The van der Waals surface area contributed by atoms with Crippen LogP contribution in [0.3, 0.4) is 0 Å². The second kappa shape index (κ2) is 19.6. The minimum absolute atomic E-state index is 0.00993. The molecule has 13 nitrogen and oxygen atoms in total. The van der Waals surface area contributed by atoms with E-state index < -0.39 is 47.2 Å². The fourth-order valence-corrected chi connectivity index (χ4v) is 22.2. The van der Waals surface area contributed by atoms with E-state index in [2.05, 4.69) is 114 Å². The Labute approximate surface area is 463 Å². The normalized spacial score (nSPS) is 50.6. The van der Waals surface area contributed by atoms with Gasteiger partial charge >= 0.3 is 11.9 Å². The fraction of sp³-hybridized carbons (Fsp3) is 0.875. The van der Waals surface area contributed by atoms with Gasteiger partial charge < -0.3 is 47.0 Å². The van der Waals surface area contributed by atoms with E-state index in [4.69, 9.17) is 16.9 Å². The van der Waals surface area contributed by atoms with Crippen LogP contribution in [0.25, 0.3) is 0 Å². The summed E-state index contributed by atoms with van der Waals surface area (Å²) in [5, 5.41) is 71.9. The van der Waals surface area contributed by atoms with Crippen LogP contribution in [0, 0.1) is 119 Å². The number of rotatable bonds is 2. The zero-order valence-electron chi connectivity index (χ0n) is 50.6. The number of nitrogens with two attached hydrogens (primary N) is 2. The first-order chi connectivity index (χ1) is 35.4. The van der Waals surface area contributed by atoms with Crippen molar-refractivity contribution in [3.63, 3.8) is 0 Å². The van der Waals surface area contributed by atoms with Crippen LogP contribution in [0.4, 0.5) is 0 Å². The van der Waals surface area contributed by atoms with E-state index in [0.717, 1.165) is 89.9 Å². The lowest BCUT2D eigenvalue weighted by atomic mass is 9.33. The molecule has 436 valence electrons. The third-order valence-electron chi connectivity index (χ3n) is 27.4. The largest absolute Gasteiger partial charge is 0.481 e. The molecule has 0 radical (unpaired) electrons. The molecule has 11 N–H and O–H groups in total. The number of aliphatic carboxylic acids is 2. The van der Waals surface area contributed by atoms with Crippen molar-refractivity contribution in [2.45, 2.75) is 224 Å². The Morgan fingerprint density at radius 3 is 1.21 bits per heavy atom. The van der Waals surface area contributed by atoms with E-state index in [0.29, 0.717) is 60.2 Å². The molecule has 10 aliphatic rings. The van der Waals surface area contributed by atoms with Gasteiger partial charge in [-0.1, -0.05) is 120 Å². The maximum absolute atomic E-state index is 12.8. The minimum Gasteiger partial charge on any atom is -0.481 e. The summed E-state index contributed by atoms with van der Waals surface area (Å²) < 4.78 is 0. The monoisotopic (exact) mass is 1070 g/mol. The van der Waals surface area contributed by atoms with Gasteiger partial charge in [-0.25, -0.2) is 0 Å². The lowest BCUT2D eigenvalue weighted by molar-refractivity contribution is -0.232. The highest BCUT2D eigenvalue weighted by Crippen LogP contribution is 2.78. The number of guanidine groups is 2. The number of allylic oxidation sites excluding steroid dienone is 4. The van der Waals surface area contributed by atoms with Gasteiger partial charge in [-0.3, -0.25) is 15.0 Å². The molecule has 10 rings (SSSR count). The first-order valence-electron chi connectivity index (χ1n) is 30.3. The average molecular weight is 1070 g/mol. The topological polar surface area (TPSA) is 247 Å². The van der Waals surface area contributed by atoms with Crippen LogP contribution in [0.5, 0.6) is 0 Å². The second-order valence-electron chi connectivity index (χ2n) is 31.0.